The molecule has 4 aromatic heterocycles. The topological polar surface area (TPSA) is 88.0 Å². The Balaban J connectivity index is 0.00000136. The first-order valence-corrected chi connectivity index (χ1v) is 9.54. The summed E-state index contributed by atoms with van der Waals surface area (Å²) in [4.78, 5) is 20.7. The van der Waals surface area contributed by atoms with E-state index in [0.717, 1.165) is 22.5 Å². The fourth-order valence-corrected chi connectivity index (χ4v) is 3.61. The molecule has 5 rings (SSSR count). The van der Waals surface area contributed by atoms with Crippen molar-refractivity contribution in [2.24, 2.45) is 0 Å². The van der Waals surface area contributed by atoms with Crippen molar-refractivity contribution in [1.29, 1.82) is 0 Å². The number of aromatic nitrogens is 5. The molecule has 0 aliphatic carbocycles. The molecule has 0 saturated carbocycles. The van der Waals surface area contributed by atoms with E-state index in [4.69, 9.17) is 0 Å². The monoisotopic (exact) mass is 476 g/mol. The van der Waals surface area contributed by atoms with Crippen molar-refractivity contribution < 1.29 is 9.18 Å². The number of aromatic amines is 1. The number of fused-ring (bicyclic) bond motifs is 1. The zero-order chi connectivity index (χ0) is 19.8. The van der Waals surface area contributed by atoms with E-state index in [1.54, 1.807) is 36.2 Å². The third-order valence-electron chi connectivity index (χ3n) is 4.50. The molecule has 31 heavy (non-hydrogen) atoms. The Morgan fingerprint density at radius 3 is 2.61 bits per heavy atom. The van der Waals surface area contributed by atoms with Crippen LogP contribution < -0.4 is 5.32 Å². The number of hydrogen-bond acceptors (Lipinski definition) is 5. The summed E-state index contributed by atoms with van der Waals surface area (Å²) in [5, 5.41) is 11.5. The van der Waals surface area contributed by atoms with Crippen molar-refractivity contribution in [3.8, 4) is 22.4 Å². The van der Waals surface area contributed by atoms with E-state index in [0.29, 0.717) is 10.7 Å². The quantitative estimate of drug-likeness (QED) is 0.378. The van der Waals surface area contributed by atoms with E-state index >= 15 is 0 Å². The summed E-state index contributed by atoms with van der Waals surface area (Å²) in [5.41, 5.74) is 3.91. The largest absolute Gasteiger partial charge is 0.299 e. The molecule has 0 fully saturated rings. The number of carbonyl (C=O) groups excluding carboxylic acids is 1. The van der Waals surface area contributed by atoms with Crippen LogP contribution in [0.15, 0.2) is 66.7 Å². The van der Waals surface area contributed by atoms with Gasteiger partial charge in [-0.15, -0.1) is 36.2 Å². The summed E-state index contributed by atoms with van der Waals surface area (Å²) in [5.74, 6) is -1.15. The highest BCUT2D eigenvalue weighted by molar-refractivity contribution is 7.13. The summed E-state index contributed by atoms with van der Waals surface area (Å²) in [6.07, 6.45) is 8.70. The van der Waals surface area contributed by atoms with Gasteiger partial charge in [-0.2, -0.15) is 5.10 Å². The Bertz CT molecular complexity index is 1320. The van der Waals surface area contributed by atoms with Gasteiger partial charge >= 0.3 is 0 Å². The average Bonchev–Trinajstić information content (AvgIpc) is 3.48. The first-order chi connectivity index (χ1) is 14.2. The van der Waals surface area contributed by atoms with Crippen LogP contribution in [0.1, 0.15) is 10.4 Å². The van der Waals surface area contributed by atoms with Crippen LogP contribution in [0, 0.1) is 5.82 Å². The van der Waals surface area contributed by atoms with Gasteiger partial charge < -0.3 is 0 Å². The normalized spacial score (nSPS) is 10.4. The number of pyridine rings is 1. The second-order valence-electron chi connectivity index (χ2n) is 6.26. The number of halogens is 3. The van der Waals surface area contributed by atoms with Crippen molar-refractivity contribution >= 4 is 52.8 Å². The zero-order valence-electron chi connectivity index (χ0n) is 15.7. The summed E-state index contributed by atoms with van der Waals surface area (Å²) in [7, 11) is 0. The van der Waals surface area contributed by atoms with Gasteiger partial charge in [-0.1, -0.05) is 6.07 Å². The van der Waals surface area contributed by atoms with Gasteiger partial charge in [0.1, 0.15) is 11.5 Å². The number of rotatable bonds is 4. The Labute approximate surface area is 192 Å². The number of carbonyl (C=O) groups is 1. The van der Waals surface area contributed by atoms with E-state index in [-0.39, 0.29) is 30.4 Å². The van der Waals surface area contributed by atoms with E-state index in [9.17, 15) is 9.18 Å². The lowest BCUT2D eigenvalue weighted by molar-refractivity contribution is 0.102. The molecular formula is C20H15Cl2FN6OS. The lowest BCUT2D eigenvalue weighted by Gasteiger charge is -2.07. The predicted octanol–water partition coefficient (Wildman–Crippen LogP) is 5.08. The van der Waals surface area contributed by atoms with E-state index < -0.39 is 11.7 Å². The van der Waals surface area contributed by atoms with Crippen LogP contribution in [0.4, 0.5) is 9.52 Å². The fraction of sp³-hybridized carbons (Fsp3) is 0. The number of benzene rings is 1. The molecule has 158 valence electrons. The molecule has 7 nitrogen and oxygen atoms in total. The van der Waals surface area contributed by atoms with Gasteiger partial charge in [0.15, 0.2) is 5.13 Å². The molecule has 1 aromatic carbocycles. The standard InChI is InChI=1S/C20H13FN6OS.2ClH/c21-16-7-12(1-3-15(16)19(28)26-20-22-5-6-29-20)17-10-23-18-4-2-13(11-27(17)18)14-8-24-25-9-14;;/h1-11H,(H,24,25)(H,22,26,28);2*1H. The molecule has 0 unspecified atom stereocenters. The molecule has 0 aliphatic heterocycles. The zero-order valence-corrected chi connectivity index (χ0v) is 18.1. The van der Waals surface area contributed by atoms with Gasteiger partial charge in [0.25, 0.3) is 5.91 Å². The molecule has 5 aromatic rings. The van der Waals surface area contributed by atoms with E-state index in [1.165, 1.54) is 23.5 Å². The van der Waals surface area contributed by atoms with Gasteiger partial charge in [-0.05, 0) is 24.3 Å². The number of amides is 1. The van der Waals surface area contributed by atoms with Gasteiger partial charge in [0, 0.05) is 40.7 Å². The summed E-state index contributed by atoms with van der Waals surface area (Å²) in [6, 6.07) is 8.34. The average molecular weight is 477 g/mol. The van der Waals surface area contributed by atoms with Crippen LogP contribution in [0.25, 0.3) is 28.0 Å². The van der Waals surface area contributed by atoms with Gasteiger partial charge in [-0.25, -0.2) is 14.4 Å². The molecule has 0 saturated heterocycles. The van der Waals surface area contributed by atoms with Crippen LogP contribution in [-0.2, 0) is 0 Å². The molecule has 1 amide bonds. The van der Waals surface area contributed by atoms with Gasteiger partial charge in [0.2, 0.25) is 0 Å². The molecule has 0 aliphatic rings. The summed E-state index contributed by atoms with van der Waals surface area (Å²) >= 11 is 1.27. The molecule has 0 spiro atoms. The van der Waals surface area contributed by atoms with Gasteiger partial charge in [0.05, 0.1) is 23.7 Å². The maximum atomic E-state index is 14.7. The van der Waals surface area contributed by atoms with Crippen LogP contribution in [-0.4, -0.2) is 30.5 Å². The number of imidazole rings is 1. The SMILES string of the molecule is Cl.Cl.O=C(Nc1nccs1)c1ccc(-c2cnc3ccc(-c4cn[nH]c4)cn23)cc1F. The third-order valence-corrected chi connectivity index (χ3v) is 5.19. The van der Waals surface area contributed by atoms with Crippen molar-refractivity contribution in [1.82, 2.24) is 24.6 Å². The van der Waals surface area contributed by atoms with Crippen molar-refractivity contribution in [2.45, 2.75) is 0 Å². The lowest BCUT2D eigenvalue weighted by atomic mass is 10.1. The minimum Gasteiger partial charge on any atom is -0.299 e. The van der Waals surface area contributed by atoms with Gasteiger partial charge in [-0.3, -0.25) is 19.6 Å². The highest BCUT2D eigenvalue weighted by Gasteiger charge is 2.16. The molecule has 11 heteroatoms. The summed E-state index contributed by atoms with van der Waals surface area (Å²) in [6.45, 7) is 0. The maximum Gasteiger partial charge on any atom is 0.260 e. The Morgan fingerprint density at radius 2 is 1.90 bits per heavy atom. The predicted molar refractivity (Wildman–Crippen MR) is 123 cm³/mol. The highest BCUT2D eigenvalue weighted by Crippen LogP contribution is 2.26. The Kier molecular flexibility index (Phi) is 6.69. The smallest absolute Gasteiger partial charge is 0.260 e. The number of H-pyrrole nitrogens is 1. The second kappa shape index (κ2) is 9.25. The minimum absolute atomic E-state index is 0. The maximum absolute atomic E-state index is 14.7. The highest BCUT2D eigenvalue weighted by atomic mass is 35.5. The third kappa shape index (κ3) is 4.29. The molecular weight excluding hydrogens is 462 g/mol. The van der Waals surface area contributed by atoms with E-state index in [1.807, 2.05) is 22.7 Å². The molecule has 0 radical (unpaired) electrons. The number of nitrogens with zero attached hydrogens (tertiary/aromatic N) is 4. The van der Waals surface area contributed by atoms with E-state index in [2.05, 4.69) is 25.5 Å². The molecule has 0 atom stereocenters. The first kappa shape index (κ1) is 22.4. The molecule has 4 heterocycles. The fourth-order valence-electron chi connectivity index (χ4n) is 3.08. The Hall–Kier alpha value is -3.27. The van der Waals surface area contributed by atoms with Crippen LogP contribution in [0.5, 0.6) is 0 Å². The first-order valence-electron chi connectivity index (χ1n) is 8.66. The molecule has 2 N–H and O–H groups in total. The lowest BCUT2D eigenvalue weighted by Crippen LogP contribution is -2.13. The second-order valence-corrected chi connectivity index (χ2v) is 7.16. The number of thiazole rings is 1. The van der Waals surface area contributed by atoms with Crippen molar-refractivity contribution in [3.63, 3.8) is 0 Å². The van der Waals surface area contributed by atoms with Crippen molar-refractivity contribution in [3.05, 3.63) is 78.1 Å². The Morgan fingerprint density at radius 1 is 1.06 bits per heavy atom. The van der Waals surface area contributed by atoms with Crippen LogP contribution in [0.3, 0.4) is 0 Å². The number of hydrogen-bond donors (Lipinski definition) is 2. The minimum atomic E-state index is -0.613. The van der Waals surface area contributed by atoms with Crippen LogP contribution >= 0.6 is 36.2 Å². The summed E-state index contributed by atoms with van der Waals surface area (Å²) < 4.78 is 16.6. The number of anilines is 1. The number of nitrogens with one attached hydrogen (secondary N) is 2. The molecule has 0 bridgehead atoms. The van der Waals surface area contributed by atoms with Crippen LogP contribution in [0.2, 0.25) is 0 Å². The van der Waals surface area contributed by atoms with Crippen molar-refractivity contribution in [2.75, 3.05) is 5.32 Å².